The highest BCUT2D eigenvalue weighted by molar-refractivity contribution is 5.69. The molecule has 0 radical (unpaired) electrons. The molecule has 0 aromatic carbocycles. The zero-order valence-corrected chi connectivity index (χ0v) is 37.2. The molecule has 6 heteroatoms. The molecule has 1 N–H and O–H groups in total. The molecule has 322 valence electrons. The standard InChI is InChI=1S/C48H95NO5/c1-6-9-12-15-18-22-27-36-46(51)53-44-33-24-19-23-30-40-49(41-31-32-43-50)42-39-48(4,5)38-29-28-37-47(52)54-45(34-25-20-16-13-10-7-2)35-26-21-17-14-11-8-3/h45,50H,6-44H2,1-5H3. The van der Waals surface area contributed by atoms with Gasteiger partial charge in [0.2, 0.25) is 0 Å². The molecule has 0 amide bonds. The molecule has 0 unspecified atom stereocenters. The number of ether oxygens (including phenoxy) is 2. The van der Waals surface area contributed by atoms with Gasteiger partial charge >= 0.3 is 11.9 Å². The summed E-state index contributed by atoms with van der Waals surface area (Å²) in [6, 6.07) is 0. The number of carbonyl (C=O) groups excluding carboxylic acids is 2. The van der Waals surface area contributed by atoms with E-state index >= 15 is 0 Å². The fraction of sp³-hybridized carbons (Fsp3) is 0.958. The summed E-state index contributed by atoms with van der Waals surface area (Å²) in [6.07, 6.45) is 39.1. The fourth-order valence-electron chi connectivity index (χ4n) is 7.51. The highest BCUT2D eigenvalue weighted by Crippen LogP contribution is 2.29. The topological polar surface area (TPSA) is 76.1 Å². The number of aliphatic hydroxyl groups is 1. The Morgan fingerprint density at radius 2 is 0.944 bits per heavy atom. The van der Waals surface area contributed by atoms with Gasteiger partial charge < -0.3 is 19.5 Å². The second-order valence-electron chi connectivity index (χ2n) is 17.5. The largest absolute Gasteiger partial charge is 0.466 e. The van der Waals surface area contributed by atoms with Gasteiger partial charge in [0.25, 0.3) is 0 Å². The zero-order valence-electron chi connectivity index (χ0n) is 37.2. The maximum absolute atomic E-state index is 12.9. The van der Waals surface area contributed by atoms with Gasteiger partial charge in [-0.3, -0.25) is 9.59 Å². The summed E-state index contributed by atoms with van der Waals surface area (Å²) in [5, 5.41) is 9.35. The third kappa shape index (κ3) is 37.8. The first-order valence-electron chi connectivity index (χ1n) is 24.0. The molecular formula is C48H95NO5. The highest BCUT2D eigenvalue weighted by atomic mass is 16.5. The van der Waals surface area contributed by atoms with Crippen molar-refractivity contribution in [3.63, 3.8) is 0 Å². The summed E-state index contributed by atoms with van der Waals surface area (Å²) in [5.41, 5.74) is 0.239. The molecule has 0 spiro atoms. The zero-order chi connectivity index (χ0) is 39.8. The van der Waals surface area contributed by atoms with Crippen LogP contribution in [0.3, 0.4) is 0 Å². The third-order valence-corrected chi connectivity index (χ3v) is 11.4. The number of rotatable bonds is 43. The van der Waals surface area contributed by atoms with Crippen molar-refractivity contribution in [2.45, 2.75) is 259 Å². The first kappa shape index (κ1) is 52.9. The van der Waals surface area contributed by atoms with E-state index in [1.807, 2.05) is 0 Å². The average molecular weight is 766 g/mol. The number of carbonyl (C=O) groups is 2. The van der Waals surface area contributed by atoms with Crippen LogP contribution in [0.5, 0.6) is 0 Å². The predicted octanol–water partition coefficient (Wildman–Crippen LogP) is 14.1. The lowest BCUT2D eigenvalue weighted by atomic mass is 9.83. The van der Waals surface area contributed by atoms with Crippen molar-refractivity contribution in [3.05, 3.63) is 0 Å². The Labute approximate surface area is 337 Å². The van der Waals surface area contributed by atoms with Crippen LogP contribution < -0.4 is 0 Å². The molecule has 6 nitrogen and oxygen atoms in total. The third-order valence-electron chi connectivity index (χ3n) is 11.4. The SMILES string of the molecule is CCCCCCCCCC(=O)OCCCCCCCN(CCCCO)CCC(C)(C)CCCCC(=O)OC(CCCCCCCC)CCCCCCCC. The summed E-state index contributed by atoms with van der Waals surface area (Å²) in [7, 11) is 0. The Hall–Kier alpha value is -1.14. The van der Waals surface area contributed by atoms with Gasteiger partial charge in [0.05, 0.1) is 6.61 Å². The van der Waals surface area contributed by atoms with E-state index in [1.165, 1.54) is 128 Å². The first-order valence-corrected chi connectivity index (χ1v) is 24.0. The van der Waals surface area contributed by atoms with Gasteiger partial charge in [-0.1, -0.05) is 163 Å². The fourth-order valence-corrected chi connectivity index (χ4v) is 7.51. The summed E-state index contributed by atoms with van der Waals surface area (Å²) < 4.78 is 11.6. The van der Waals surface area contributed by atoms with Crippen LogP contribution in [0, 0.1) is 5.41 Å². The van der Waals surface area contributed by atoms with E-state index in [9.17, 15) is 14.7 Å². The van der Waals surface area contributed by atoms with E-state index in [0.717, 1.165) is 96.7 Å². The van der Waals surface area contributed by atoms with Gasteiger partial charge in [0.1, 0.15) is 6.10 Å². The smallest absolute Gasteiger partial charge is 0.306 e. The maximum Gasteiger partial charge on any atom is 0.306 e. The molecule has 0 saturated carbocycles. The molecule has 0 aromatic rings. The van der Waals surface area contributed by atoms with Crippen molar-refractivity contribution in [2.24, 2.45) is 5.41 Å². The van der Waals surface area contributed by atoms with Gasteiger partial charge in [-0.15, -0.1) is 0 Å². The van der Waals surface area contributed by atoms with E-state index in [1.54, 1.807) is 0 Å². The normalized spacial score (nSPS) is 11.9. The van der Waals surface area contributed by atoms with Crippen molar-refractivity contribution >= 4 is 11.9 Å². The van der Waals surface area contributed by atoms with E-state index in [-0.39, 0.29) is 30.1 Å². The number of aliphatic hydroxyl groups excluding tert-OH is 1. The summed E-state index contributed by atoms with van der Waals surface area (Å²) in [6.45, 7) is 15.6. The minimum absolute atomic E-state index is 0.0182. The molecule has 0 heterocycles. The number of hydrogen-bond acceptors (Lipinski definition) is 6. The van der Waals surface area contributed by atoms with E-state index < -0.39 is 0 Å². The molecule has 0 aliphatic heterocycles. The van der Waals surface area contributed by atoms with Gasteiger partial charge in [0.15, 0.2) is 0 Å². The Morgan fingerprint density at radius 3 is 1.50 bits per heavy atom. The van der Waals surface area contributed by atoms with Crippen molar-refractivity contribution in [2.75, 3.05) is 32.8 Å². The monoisotopic (exact) mass is 766 g/mol. The maximum atomic E-state index is 12.9. The lowest BCUT2D eigenvalue weighted by Crippen LogP contribution is -2.30. The quantitative estimate of drug-likeness (QED) is 0.0492. The van der Waals surface area contributed by atoms with Crippen LogP contribution in [-0.2, 0) is 19.1 Å². The first-order chi connectivity index (χ1) is 26.3. The Bertz CT molecular complexity index is 786. The molecule has 0 aliphatic carbocycles. The van der Waals surface area contributed by atoms with Crippen LogP contribution >= 0.6 is 0 Å². The molecule has 0 fully saturated rings. The molecule has 0 aliphatic rings. The number of hydrogen-bond donors (Lipinski definition) is 1. The highest BCUT2D eigenvalue weighted by Gasteiger charge is 2.20. The minimum atomic E-state index is -0.0196. The van der Waals surface area contributed by atoms with Gasteiger partial charge in [0, 0.05) is 19.4 Å². The van der Waals surface area contributed by atoms with Crippen molar-refractivity contribution in [1.82, 2.24) is 4.90 Å². The van der Waals surface area contributed by atoms with E-state index in [0.29, 0.717) is 19.4 Å². The van der Waals surface area contributed by atoms with Crippen LogP contribution in [-0.4, -0.2) is 60.9 Å². The van der Waals surface area contributed by atoms with Gasteiger partial charge in [-0.05, 0) is 102 Å². The van der Waals surface area contributed by atoms with Crippen LogP contribution in [0.1, 0.15) is 253 Å². The van der Waals surface area contributed by atoms with Crippen LogP contribution in [0.25, 0.3) is 0 Å². The average Bonchev–Trinajstić information content (AvgIpc) is 3.15. The van der Waals surface area contributed by atoms with Crippen LogP contribution in [0.15, 0.2) is 0 Å². The summed E-state index contributed by atoms with van der Waals surface area (Å²) in [4.78, 5) is 27.5. The molecule has 0 bridgehead atoms. The molecular weight excluding hydrogens is 671 g/mol. The van der Waals surface area contributed by atoms with Crippen molar-refractivity contribution < 1.29 is 24.2 Å². The lowest BCUT2D eigenvalue weighted by Gasteiger charge is -2.30. The molecule has 0 saturated heterocycles. The van der Waals surface area contributed by atoms with Gasteiger partial charge in [-0.25, -0.2) is 0 Å². The van der Waals surface area contributed by atoms with Crippen LogP contribution in [0.4, 0.5) is 0 Å². The van der Waals surface area contributed by atoms with E-state index in [4.69, 9.17) is 9.47 Å². The Morgan fingerprint density at radius 1 is 0.500 bits per heavy atom. The summed E-state index contributed by atoms with van der Waals surface area (Å²) in [5.74, 6) is -0.00142. The summed E-state index contributed by atoms with van der Waals surface area (Å²) >= 11 is 0. The molecule has 0 atom stereocenters. The second kappa shape index (κ2) is 40.1. The number of esters is 2. The molecule has 0 rings (SSSR count). The molecule has 0 aromatic heterocycles. The van der Waals surface area contributed by atoms with Crippen molar-refractivity contribution in [3.8, 4) is 0 Å². The Balaban J connectivity index is 4.34. The predicted molar refractivity (Wildman–Crippen MR) is 232 cm³/mol. The number of nitrogens with zero attached hydrogens (tertiary/aromatic N) is 1. The Kier molecular flexibility index (Phi) is 39.2. The van der Waals surface area contributed by atoms with Crippen LogP contribution in [0.2, 0.25) is 0 Å². The van der Waals surface area contributed by atoms with Gasteiger partial charge in [-0.2, -0.15) is 0 Å². The van der Waals surface area contributed by atoms with E-state index in [2.05, 4.69) is 39.5 Å². The molecule has 54 heavy (non-hydrogen) atoms. The lowest BCUT2D eigenvalue weighted by molar-refractivity contribution is -0.150. The second-order valence-corrected chi connectivity index (χ2v) is 17.5. The minimum Gasteiger partial charge on any atom is -0.466 e. The van der Waals surface area contributed by atoms with Crippen molar-refractivity contribution in [1.29, 1.82) is 0 Å². The number of unbranched alkanes of at least 4 members (excludes halogenated alkanes) is 22.